The highest BCUT2D eigenvalue weighted by Crippen LogP contribution is 2.26. The van der Waals surface area contributed by atoms with Gasteiger partial charge in [0.15, 0.2) is 0 Å². The van der Waals surface area contributed by atoms with E-state index in [-0.39, 0.29) is 5.56 Å². The van der Waals surface area contributed by atoms with Crippen molar-refractivity contribution in [2.45, 2.75) is 20.3 Å². The van der Waals surface area contributed by atoms with Crippen molar-refractivity contribution in [1.29, 1.82) is 0 Å². The summed E-state index contributed by atoms with van der Waals surface area (Å²) in [6.07, 6.45) is 0.773. The van der Waals surface area contributed by atoms with Crippen molar-refractivity contribution in [3.05, 3.63) is 28.3 Å². The molecule has 0 fully saturated rings. The molecular weight excluding hydrogens is 214 g/mol. The molecule has 0 spiro atoms. The van der Waals surface area contributed by atoms with Crippen LogP contribution in [0.1, 0.15) is 29.3 Å². The van der Waals surface area contributed by atoms with Crippen molar-refractivity contribution in [3.63, 3.8) is 0 Å². The molecule has 0 bridgehead atoms. The van der Waals surface area contributed by atoms with Gasteiger partial charge in [-0.2, -0.15) is 0 Å². The number of carbonyl (C=O) groups excluding carboxylic acids is 1. The Morgan fingerprint density at radius 2 is 2.20 bits per heavy atom. The van der Waals surface area contributed by atoms with Crippen LogP contribution in [-0.2, 0) is 4.74 Å². The predicted octanol–water partition coefficient (Wildman–Crippen LogP) is 2.80. The van der Waals surface area contributed by atoms with Crippen LogP contribution in [0.2, 0.25) is 5.02 Å². The standard InChI is InChI=1S/C11H14ClNO2/c1-3-6-15-11(14)9-8(12)5-4-7(2)10(9)13/h4-5H,3,6,13H2,1-2H3. The molecule has 2 N–H and O–H groups in total. The van der Waals surface area contributed by atoms with Crippen LogP contribution < -0.4 is 5.73 Å². The van der Waals surface area contributed by atoms with Crippen molar-refractivity contribution < 1.29 is 9.53 Å². The second kappa shape index (κ2) is 5.03. The lowest BCUT2D eigenvalue weighted by atomic mass is 10.1. The molecule has 0 radical (unpaired) electrons. The van der Waals surface area contributed by atoms with Crippen molar-refractivity contribution >= 4 is 23.3 Å². The molecule has 0 aliphatic rings. The number of hydrogen-bond donors (Lipinski definition) is 1. The van der Waals surface area contributed by atoms with Crippen molar-refractivity contribution in [1.82, 2.24) is 0 Å². The summed E-state index contributed by atoms with van der Waals surface area (Å²) in [5, 5.41) is 0.333. The van der Waals surface area contributed by atoms with Crippen molar-refractivity contribution in [3.8, 4) is 0 Å². The first-order chi connectivity index (χ1) is 7.07. The van der Waals surface area contributed by atoms with Crippen LogP contribution in [0.15, 0.2) is 12.1 Å². The number of halogens is 1. The van der Waals surface area contributed by atoms with Gasteiger partial charge in [0.2, 0.25) is 0 Å². The Hall–Kier alpha value is -1.22. The van der Waals surface area contributed by atoms with E-state index in [1.54, 1.807) is 12.1 Å². The molecule has 1 rings (SSSR count). The summed E-state index contributed by atoms with van der Waals surface area (Å²) >= 11 is 5.89. The van der Waals surface area contributed by atoms with Crippen LogP contribution in [0.25, 0.3) is 0 Å². The second-order valence-electron chi connectivity index (χ2n) is 3.29. The maximum atomic E-state index is 11.6. The number of anilines is 1. The van der Waals surface area contributed by atoms with Gasteiger partial charge in [-0.25, -0.2) is 4.79 Å². The smallest absolute Gasteiger partial charge is 0.341 e. The van der Waals surface area contributed by atoms with Gasteiger partial charge in [-0.15, -0.1) is 0 Å². The summed E-state index contributed by atoms with van der Waals surface area (Å²) in [7, 11) is 0. The highest BCUT2D eigenvalue weighted by Gasteiger charge is 2.16. The molecule has 0 saturated heterocycles. The minimum atomic E-state index is -0.456. The molecule has 0 saturated carbocycles. The highest BCUT2D eigenvalue weighted by molar-refractivity contribution is 6.34. The molecule has 1 aromatic rings. The zero-order chi connectivity index (χ0) is 11.4. The van der Waals surface area contributed by atoms with Gasteiger partial charge >= 0.3 is 5.97 Å². The van der Waals surface area contributed by atoms with Crippen molar-refractivity contribution in [2.24, 2.45) is 0 Å². The number of carbonyl (C=O) groups is 1. The van der Waals surface area contributed by atoms with Gasteiger partial charge in [0.25, 0.3) is 0 Å². The van der Waals surface area contributed by atoms with E-state index in [1.807, 2.05) is 13.8 Å². The van der Waals surface area contributed by atoms with Gasteiger partial charge in [-0.1, -0.05) is 24.6 Å². The molecule has 0 aromatic heterocycles. The number of esters is 1. The Kier molecular flexibility index (Phi) is 3.97. The maximum absolute atomic E-state index is 11.6. The van der Waals surface area contributed by atoms with E-state index in [2.05, 4.69) is 0 Å². The highest BCUT2D eigenvalue weighted by atomic mass is 35.5. The molecule has 82 valence electrons. The topological polar surface area (TPSA) is 52.3 Å². The minimum Gasteiger partial charge on any atom is -0.462 e. The summed E-state index contributed by atoms with van der Waals surface area (Å²) in [6.45, 7) is 4.12. The molecule has 15 heavy (non-hydrogen) atoms. The van der Waals surface area contributed by atoms with E-state index in [4.69, 9.17) is 22.1 Å². The fourth-order valence-corrected chi connectivity index (χ4v) is 1.41. The first-order valence-corrected chi connectivity index (χ1v) is 5.17. The van der Waals surface area contributed by atoms with Crippen LogP contribution in [0, 0.1) is 6.92 Å². The normalized spacial score (nSPS) is 10.1. The Bertz CT molecular complexity index is 377. The third-order valence-electron chi connectivity index (χ3n) is 2.05. The summed E-state index contributed by atoms with van der Waals surface area (Å²) in [5.74, 6) is -0.456. The van der Waals surface area contributed by atoms with E-state index >= 15 is 0 Å². The second-order valence-corrected chi connectivity index (χ2v) is 3.70. The Morgan fingerprint density at radius 1 is 1.53 bits per heavy atom. The molecule has 0 aliphatic carbocycles. The minimum absolute atomic E-state index is 0.269. The molecule has 0 atom stereocenters. The Morgan fingerprint density at radius 3 is 2.80 bits per heavy atom. The molecule has 0 aliphatic heterocycles. The number of nitrogen functional groups attached to an aromatic ring is 1. The summed E-state index contributed by atoms with van der Waals surface area (Å²) < 4.78 is 4.99. The van der Waals surface area contributed by atoms with Gasteiger partial charge in [0.05, 0.1) is 17.3 Å². The van der Waals surface area contributed by atoms with E-state index < -0.39 is 5.97 Å². The fraction of sp³-hybridized carbons (Fsp3) is 0.364. The van der Waals surface area contributed by atoms with E-state index in [9.17, 15) is 4.79 Å². The zero-order valence-electron chi connectivity index (χ0n) is 8.84. The molecule has 1 aromatic carbocycles. The lowest BCUT2D eigenvalue weighted by molar-refractivity contribution is 0.0506. The Labute approximate surface area is 94.2 Å². The number of ether oxygens (including phenoxy) is 1. The maximum Gasteiger partial charge on any atom is 0.341 e. The predicted molar refractivity (Wildman–Crippen MR) is 61.2 cm³/mol. The number of hydrogen-bond acceptors (Lipinski definition) is 3. The average Bonchev–Trinajstić information content (AvgIpc) is 2.21. The van der Waals surface area contributed by atoms with Gasteiger partial charge < -0.3 is 10.5 Å². The summed E-state index contributed by atoms with van der Waals surface area (Å²) in [4.78, 5) is 11.6. The molecular formula is C11H14ClNO2. The van der Waals surface area contributed by atoms with E-state index in [0.29, 0.717) is 17.3 Å². The van der Waals surface area contributed by atoms with Crippen LogP contribution in [0.3, 0.4) is 0 Å². The monoisotopic (exact) mass is 227 g/mol. The third kappa shape index (κ3) is 2.63. The first kappa shape index (κ1) is 11.9. The number of aryl methyl sites for hydroxylation is 1. The Balaban J connectivity index is 3.02. The van der Waals surface area contributed by atoms with Crippen LogP contribution in [-0.4, -0.2) is 12.6 Å². The zero-order valence-corrected chi connectivity index (χ0v) is 9.60. The van der Waals surface area contributed by atoms with Crippen LogP contribution in [0.4, 0.5) is 5.69 Å². The van der Waals surface area contributed by atoms with Gasteiger partial charge in [-0.05, 0) is 25.0 Å². The molecule has 3 nitrogen and oxygen atoms in total. The number of nitrogens with two attached hydrogens (primary N) is 1. The largest absolute Gasteiger partial charge is 0.462 e. The molecule has 0 unspecified atom stereocenters. The SMILES string of the molecule is CCCOC(=O)c1c(Cl)ccc(C)c1N. The lowest BCUT2D eigenvalue weighted by Crippen LogP contribution is -2.10. The lowest BCUT2D eigenvalue weighted by Gasteiger charge is -2.09. The average molecular weight is 228 g/mol. The molecule has 0 heterocycles. The van der Waals surface area contributed by atoms with Crippen LogP contribution in [0.5, 0.6) is 0 Å². The summed E-state index contributed by atoms with van der Waals surface area (Å²) in [5.41, 5.74) is 7.25. The first-order valence-electron chi connectivity index (χ1n) is 4.79. The molecule has 4 heteroatoms. The summed E-state index contributed by atoms with van der Waals surface area (Å²) in [6, 6.07) is 3.42. The number of benzene rings is 1. The third-order valence-corrected chi connectivity index (χ3v) is 2.37. The quantitative estimate of drug-likeness (QED) is 0.638. The van der Waals surface area contributed by atoms with Gasteiger partial charge in [0, 0.05) is 0 Å². The van der Waals surface area contributed by atoms with Gasteiger partial charge in [-0.3, -0.25) is 0 Å². The number of rotatable bonds is 3. The van der Waals surface area contributed by atoms with E-state index in [0.717, 1.165) is 12.0 Å². The van der Waals surface area contributed by atoms with Gasteiger partial charge in [0.1, 0.15) is 5.56 Å². The van der Waals surface area contributed by atoms with Crippen LogP contribution >= 0.6 is 11.6 Å². The van der Waals surface area contributed by atoms with E-state index in [1.165, 1.54) is 0 Å². The van der Waals surface area contributed by atoms with Crippen molar-refractivity contribution in [2.75, 3.05) is 12.3 Å². The fourth-order valence-electron chi connectivity index (χ4n) is 1.17. The molecule has 0 amide bonds.